The summed E-state index contributed by atoms with van der Waals surface area (Å²) in [5, 5.41) is 8.99. The van der Waals surface area contributed by atoms with E-state index in [1.54, 1.807) is 6.92 Å². The largest absolute Gasteiger partial charge is 0.543 e. The van der Waals surface area contributed by atoms with Crippen molar-refractivity contribution in [2.45, 2.75) is 125 Å². The molecule has 7 rings (SSSR count). The minimum absolute atomic E-state index is 0.102. The minimum Gasteiger partial charge on any atom is -0.543 e. The van der Waals surface area contributed by atoms with Gasteiger partial charge in [0.2, 0.25) is 8.32 Å². The molecule has 0 aliphatic heterocycles. The monoisotopic (exact) mass is 901 g/mol. The number of hydrogen-bond acceptors (Lipinski definition) is 5. The van der Waals surface area contributed by atoms with Crippen LogP contribution < -0.4 is 18.6 Å². The first-order valence-corrected chi connectivity index (χ1v) is 27.5. The van der Waals surface area contributed by atoms with Gasteiger partial charge in [0, 0.05) is 5.57 Å². The molecular formula is C60H72O5Si. The van der Waals surface area contributed by atoms with Crippen molar-refractivity contribution in [1.82, 2.24) is 0 Å². The zero-order valence-corrected chi connectivity index (χ0v) is 42.4. The molecule has 0 radical (unpaired) electrons. The molecule has 0 fully saturated rings. The Labute approximate surface area is 395 Å². The zero-order chi connectivity index (χ0) is 47.2. The van der Waals surface area contributed by atoms with E-state index in [0.717, 1.165) is 89.9 Å². The predicted octanol–water partition coefficient (Wildman–Crippen LogP) is 17.7. The number of carbonyl (C=O) groups is 1. The second kappa shape index (κ2) is 20.9. The van der Waals surface area contributed by atoms with Crippen LogP contribution in [0.2, 0.25) is 18.1 Å². The number of rotatable bonds is 20. The molecular weight excluding hydrogens is 829 g/mol. The van der Waals surface area contributed by atoms with Gasteiger partial charge in [-0.15, -0.1) is 0 Å². The molecule has 0 aliphatic rings. The molecule has 66 heavy (non-hydrogen) atoms. The van der Waals surface area contributed by atoms with E-state index in [9.17, 15) is 4.79 Å². The fourth-order valence-electron chi connectivity index (χ4n) is 8.74. The standard InChI is InChI=1S/C60H72O5Si/c1-12-16-18-41(14-3)38-62-49-29-31-54-55(36-49)57(47-22-20-45-34-51(26-24-43(45)32-47)64-59(61)40(5)6)53-30-28-50(63-39-42(15-4)19-17-13-2)37-56(53)58(54)48-23-21-46-35-52(27-25-44(46)33-48)65-66(10,11)60(7,8)9/h20-37,41-42H,5,12-19,38-39H2,1-4,6-11H3. The highest BCUT2D eigenvalue weighted by molar-refractivity contribution is 6.74. The van der Waals surface area contributed by atoms with Gasteiger partial charge in [0.05, 0.1) is 13.2 Å². The van der Waals surface area contributed by atoms with Crippen molar-refractivity contribution < 1.29 is 23.4 Å². The van der Waals surface area contributed by atoms with E-state index < -0.39 is 14.3 Å². The first kappa shape index (κ1) is 48.3. The molecule has 7 aromatic carbocycles. The Morgan fingerprint density at radius 3 is 1.42 bits per heavy atom. The Bertz CT molecular complexity index is 2850. The maximum absolute atomic E-state index is 12.4. The van der Waals surface area contributed by atoms with Gasteiger partial charge in [-0.2, -0.15) is 0 Å². The Kier molecular flexibility index (Phi) is 15.3. The van der Waals surface area contributed by atoms with Crippen molar-refractivity contribution >= 4 is 57.4 Å². The van der Waals surface area contributed by atoms with Gasteiger partial charge in [-0.3, -0.25) is 0 Å². The molecule has 0 bridgehead atoms. The van der Waals surface area contributed by atoms with Gasteiger partial charge < -0.3 is 18.6 Å². The number of benzene rings is 7. The normalized spacial score (nSPS) is 13.0. The number of ether oxygens (including phenoxy) is 3. The average Bonchev–Trinajstić information content (AvgIpc) is 3.30. The van der Waals surface area contributed by atoms with Crippen LogP contribution in [0.25, 0.3) is 65.3 Å². The van der Waals surface area contributed by atoms with Crippen LogP contribution in [0.4, 0.5) is 0 Å². The maximum Gasteiger partial charge on any atom is 0.338 e. The third-order valence-corrected chi connectivity index (χ3v) is 18.4. The third-order valence-electron chi connectivity index (χ3n) is 14.1. The van der Waals surface area contributed by atoms with Crippen molar-refractivity contribution in [3.8, 4) is 45.3 Å². The van der Waals surface area contributed by atoms with Gasteiger partial charge >= 0.3 is 5.97 Å². The number of hydrogen-bond donors (Lipinski definition) is 0. The molecule has 7 aromatic rings. The van der Waals surface area contributed by atoms with E-state index in [1.807, 2.05) is 18.2 Å². The summed E-state index contributed by atoms with van der Waals surface area (Å²) < 4.78 is 25.8. The summed E-state index contributed by atoms with van der Waals surface area (Å²) in [7, 11) is -2.02. The second-order valence-electron chi connectivity index (χ2n) is 20.1. The van der Waals surface area contributed by atoms with Gasteiger partial charge in [-0.1, -0.05) is 142 Å². The van der Waals surface area contributed by atoms with Gasteiger partial charge in [0.15, 0.2) is 0 Å². The molecule has 0 heterocycles. The molecule has 346 valence electrons. The van der Waals surface area contributed by atoms with Crippen molar-refractivity contribution in [1.29, 1.82) is 0 Å². The summed E-state index contributed by atoms with van der Waals surface area (Å²) in [5.74, 6) is 3.76. The molecule has 2 atom stereocenters. The zero-order valence-electron chi connectivity index (χ0n) is 41.4. The van der Waals surface area contributed by atoms with Crippen LogP contribution in [-0.2, 0) is 4.79 Å². The first-order valence-electron chi connectivity index (χ1n) is 24.6. The van der Waals surface area contributed by atoms with Crippen LogP contribution in [0.5, 0.6) is 23.0 Å². The number of esters is 1. The molecule has 2 unspecified atom stereocenters. The Morgan fingerprint density at radius 2 is 0.985 bits per heavy atom. The summed E-state index contributed by atoms with van der Waals surface area (Å²) in [5.41, 5.74) is 4.90. The fraction of sp³-hybridized carbons (Fsp3) is 0.383. The van der Waals surface area contributed by atoms with Crippen molar-refractivity contribution in [2.75, 3.05) is 13.2 Å². The topological polar surface area (TPSA) is 54.0 Å². The summed E-state index contributed by atoms with van der Waals surface area (Å²) in [6, 6.07) is 39.2. The van der Waals surface area contributed by atoms with Gasteiger partial charge in [-0.05, 0) is 176 Å². The lowest BCUT2D eigenvalue weighted by atomic mass is 9.85. The summed E-state index contributed by atoms with van der Waals surface area (Å²) in [6.45, 7) is 27.3. The smallest absolute Gasteiger partial charge is 0.338 e. The van der Waals surface area contributed by atoms with Crippen LogP contribution in [0.1, 0.15) is 107 Å². The highest BCUT2D eigenvalue weighted by Gasteiger charge is 2.39. The molecule has 0 saturated heterocycles. The molecule has 0 aromatic heterocycles. The van der Waals surface area contributed by atoms with E-state index in [-0.39, 0.29) is 5.04 Å². The molecule has 0 N–H and O–H groups in total. The molecule has 0 saturated carbocycles. The number of unbranched alkanes of at least 4 members (excludes halogenated alkanes) is 2. The van der Waals surface area contributed by atoms with Gasteiger partial charge in [0.25, 0.3) is 0 Å². The summed E-state index contributed by atoms with van der Waals surface area (Å²) >= 11 is 0. The fourth-order valence-corrected chi connectivity index (χ4v) is 9.76. The van der Waals surface area contributed by atoms with Crippen molar-refractivity contribution in [3.63, 3.8) is 0 Å². The SMILES string of the molecule is C=C(C)C(=O)Oc1ccc2cc(-c3c4ccc(OCC(CC)CCCC)cc4c(-c4ccc5cc(O[Si](C)(C)C(C)(C)C)ccc5c4)c4ccc(OCC(CC)CCCC)cc34)ccc2c1. The summed E-state index contributed by atoms with van der Waals surface area (Å²) in [6.07, 6.45) is 9.31. The van der Waals surface area contributed by atoms with Gasteiger partial charge in [-0.25, -0.2) is 4.79 Å². The van der Waals surface area contributed by atoms with Crippen LogP contribution in [-0.4, -0.2) is 27.5 Å². The van der Waals surface area contributed by atoms with Crippen molar-refractivity contribution in [3.05, 3.63) is 121 Å². The van der Waals surface area contributed by atoms with Crippen molar-refractivity contribution in [2.24, 2.45) is 11.8 Å². The molecule has 0 amide bonds. The lowest BCUT2D eigenvalue weighted by Gasteiger charge is -2.36. The average molecular weight is 901 g/mol. The Hall–Kier alpha value is -5.59. The van der Waals surface area contributed by atoms with Crippen LogP contribution in [0.3, 0.4) is 0 Å². The number of fused-ring (bicyclic) bond motifs is 4. The van der Waals surface area contributed by atoms with Crippen LogP contribution in [0, 0.1) is 11.8 Å². The molecule has 0 aliphatic carbocycles. The second-order valence-corrected chi connectivity index (χ2v) is 24.8. The lowest BCUT2D eigenvalue weighted by molar-refractivity contribution is -0.130. The Morgan fingerprint density at radius 1 is 0.561 bits per heavy atom. The molecule has 5 nitrogen and oxygen atoms in total. The minimum atomic E-state index is -2.02. The van der Waals surface area contributed by atoms with Crippen LogP contribution >= 0.6 is 0 Å². The Balaban J connectivity index is 1.43. The lowest BCUT2D eigenvalue weighted by Crippen LogP contribution is -2.43. The molecule has 6 heteroatoms. The van der Waals surface area contributed by atoms with E-state index in [4.69, 9.17) is 18.6 Å². The highest BCUT2D eigenvalue weighted by Crippen LogP contribution is 2.47. The van der Waals surface area contributed by atoms with Crippen LogP contribution in [0.15, 0.2) is 121 Å². The van der Waals surface area contributed by atoms with E-state index in [0.29, 0.717) is 36.4 Å². The maximum atomic E-state index is 12.4. The van der Waals surface area contributed by atoms with Gasteiger partial charge in [0.1, 0.15) is 23.0 Å². The number of carbonyl (C=O) groups excluding carboxylic acids is 1. The summed E-state index contributed by atoms with van der Waals surface area (Å²) in [4.78, 5) is 12.4. The third kappa shape index (κ3) is 11.0. The highest BCUT2D eigenvalue weighted by atomic mass is 28.4. The first-order chi connectivity index (χ1) is 31.6. The van der Waals surface area contributed by atoms with E-state index >= 15 is 0 Å². The molecule has 0 spiro atoms. The van der Waals surface area contributed by atoms with E-state index in [1.165, 1.54) is 44.1 Å². The van der Waals surface area contributed by atoms with E-state index in [2.05, 4.69) is 159 Å². The predicted molar refractivity (Wildman–Crippen MR) is 283 cm³/mol. The quantitative estimate of drug-likeness (QED) is 0.0251.